The van der Waals surface area contributed by atoms with E-state index in [2.05, 4.69) is 5.32 Å². The van der Waals surface area contributed by atoms with Crippen molar-refractivity contribution in [3.8, 4) is 5.75 Å². The van der Waals surface area contributed by atoms with E-state index in [1.807, 2.05) is 19.1 Å². The van der Waals surface area contributed by atoms with E-state index in [0.717, 1.165) is 12.8 Å². The molecule has 1 aromatic carbocycles. The van der Waals surface area contributed by atoms with Crippen LogP contribution in [-0.2, 0) is 11.2 Å². The summed E-state index contributed by atoms with van der Waals surface area (Å²) in [6.07, 6.45) is 1.81. The molecule has 1 rings (SSSR count). The number of aryl methyl sites for hydroxylation is 1. The number of aromatic hydroxyl groups is 1. The normalized spacial score (nSPS) is 12.1. The smallest absolute Gasteiger partial charge is 0.217 e. The number of amides is 1. The Kier molecular flexibility index (Phi) is 4.16. The number of hydrogen-bond donors (Lipinski definition) is 2. The lowest BCUT2D eigenvalue weighted by atomic mass is 10.1. The average molecular weight is 207 g/mol. The molecule has 0 saturated carbocycles. The third-order valence-electron chi connectivity index (χ3n) is 2.25. The number of carbonyl (C=O) groups excluding carboxylic acids is 1. The second-order valence-electron chi connectivity index (χ2n) is 3.81. The Bertz CT molecular complexity index is 319. The number of phenols is 1. The van der Waals surface area contributed by atoms with Crippen LogP contribution in [0.4, 0.5) is 0 Å². The van der Waals surface area contributed by atoms with Crippen molar-refractivity contribution in [2.24, 2.45) is 0 Å². The highest BCUT2D eigenvalue weighted by molar-refractivity contribution is 5.73. The summed E-state index contributed by atoms with van der Waals surface area (Å²) >= 11 is 0. The third-order valence-corrected chi connectivity index (χ3v) is 2.25. The van der Waals surface area contributed by atoms with E-state index >= 15 is 0 Å². The minimum atomic E-state index is 0.00760. The number of carbonyl (C=O) groups is 1. The molecule has 3 nitrogen and oxygen atoms in total. The maximum Gasteiger partial charge on any atom is 0.217 e. The van der Waals surface area contributed by atoms with Gasteiger partial charge in [0.15, 0.2) is 0 Å². The molecule has 0 aliphatic rings. The molecule has 0 aromatic heterocycles. The van der Waals surface area contributed by atoms with Crippen molar-refractivity contribution >= 4 is 5.91 Å². The largest absolute Gasteiger partial charge is 0.508 e. The Morgan fingerprint density at radius 3 is 2.53 bits per heavy atom. The molecule has 1 aromatic rings. The number of benzene rings is 1. The van der Waals surface area contributed by atoms with Gasteiger partial charge in [0.1, 0.15) is 5.75 Å². The predicted octanol–water partition coefficient (Wildman–Crippen LogP) is 1.85. The first-order valence-electron chi connectivity index (χ1n) is 5.13. The standard InChI is InChI=1S/C12H17NO2/c1-9(13-10(2)14)3-4-11-5-7-12(15)8-6-11/h5-9,15H,3-4H2,1-2H3,(H,13,14)/t9-/m0/s1. The van der Waals surface area contributed by atoms with Gasteiger partial charge in [-0.05, 0) is 37.5 Å². The van der Waals surface area contributed by atoms with Gasteiger partial charge in [-0.2, -0.15) is 0 Å². The van der Waals surface area contributed by atoms with Crippen molar-refractivity contribution in [3.05, 3.63) is 29.8 Å². The number of phenolic OH excluding ortho intramolecular Hbond substituents is 1. The maximum absolute atomic E-state index is 10.8. The zero-order valence-electron chi connectivity index (χ0n) is 9.16. The Labute approximate surface area is 90.1 Å². The number of hydrogen-bond acceptors (Lipinski definition) is 2. The number of rotatable bonds is 4. The molecular formula is C12H17NO2. The second kappa shape index (κ2) is 5.39. The highest BCUT2D eigenvalue weighted by Gasteiger charge is 2.03. The summed E-state index contributed by atoms with van der Waals surface area (Å²) in [5.74, 6) is 0.293. The molecule has 3 heteroatoms. The second-order valence-corrected chi connectivity index (χ2v) is 3.81. The molecule has 0 fully saturated rings. The van der Waals surface area contributed by atoms with Crippen molar-refractivity contribution < 1.29 is 9.90 Å². The van der Waals surface area contributed by atoms with Crippen LogP contribution in [0.2, 0.25) is 0 Å². The van der Waals surface area contributed by atoms with Gasteiger partial charge in [0.05, 0.1) is 0 Å². The fourth-order valence-corrected chi connectivity index (χ4v) is 1.46. The first-order chi connectivity index (χ1) is 7.08. The molecule has 15 heavy (non-hydrogen) atoms. The zero-order chi connectivity index (χ0) is 11.3. The average Bonchev–Trinajstić information content (AvgIpc) is 2.16. The molecule has 0 aliphatic heterocycles. The third kappa shape index (κ3) is 4.49. The molecule has 0 heterocycles. The zero-order valence-corrected chi connectivity index (χ0v) is 9.16. The minimum Gasteiger partial charge on any atom is -0.508 e. The van der Waals surface area contributed by atoms with Crippen LogP contribution in [0.25, 0.3) is 0 Å². The first-order valence-corrected chi connectivity index (χ1v) is 5.13. The monoisotopic (exact) mass is 207 g/mol. The molecule has 0 spiro atoms. The molecule has 82 valence electrons. The van der Waals surface area contributed by atoms with Gasteiger partial charge in [0, 0.05) is 13.0 Å². The highest BCUT2D eigenvalue weighted by Crippen LogP contribution is 2.11. The van der Waals surface area contributed by atoms with Crippen LogP contribution in [0.3, 0.4) is 0 Å². The molecule has 1 atom stereocenters. The maximum atomic E-state index is 10.8. The Hall–Kier alpha value is -1.51. The van der Waals surface area contributed by atoms with E-state index in [-0.39, 0.29) is 17.7 Å². The number of nitrogens with one attached hydrogen (secondary N) is 1. The van der Waals surface area contributed by atoms with Gasteiger partial charge in [0.25, 0.3) is 0 Å². The van der Waals surface area contributed by atoms with Crippen LogP contribution < -0.4 is 5.32 Å². The van der Waals surface area contributed by atoms with Gasteiger partial charge in [-0.25, -0.2) is 0 Å². The summed E-state index contributed by atoms with van der Waals surface area (Å²) in [5, 5.41) is 11.9. The van der Waals surface area contributed by atoms with Gasteiger partial charge in [-0.1, -0.05) is 12.1 Å². The van der Waals surface area contributed by atoms with E-state index in [1.54, 1.807) is 12.1 Å². The highest BCUT2D eigenvalue weighted by atomic mass is 16.3. The lowest BCUT2D eigenvalue weighted by Gasteiger charge is -2.11. The van der Waals surface area contributed by atoms with Crippen molar-refractivity contribution in [1.82, 2.24) is 5.32 Å². The van der Waals surface area contributed by atoms with Crippen molar-refractivity contribution in [1.29, 1.82) is 0 Å². The van der Waals surface area contributed by atoms with E-state index in [4.69, 9.17) is 5.11 Å². The Morgan fingerprint density at radius 1 is 1.40 bits per heavy atom. The fraction of sp³-hybridized carbons (Fsp3) is 0.417. The minimum absolute atomic E-state index is 0.00760. The van der Waals surface area contributed by atoms with Gasteiger partial charge in [0.2, 0.25) is 5.91 Å². The van der Waals surface area contributed by atoms with Crippen LogP contribution in [0, 0.1) is 0 Å². The van der Waals surface area contributed by atoms with Crippen molar-refractivity contribution in [2.45, 2.75) is 32.7 Å². The summed E-state index contributed by atoms with van der Waals surface area (Å²) in [5.41, 5.74) is 1.17. The van der Waals surface area contributed by atoms with Crippen molar-refractivity contribution in [2.75, 3.05) is 0 Å². The summed E-state index contributed by atoms with van der Waals surface area (Å²) in [6.45, 7) is 3.51. The summed E-state index contributed by atoms with van der Waals surface area (Å²) in [7, 11) is 0. The molecule has 2 N–H and O–H groups in total. The SMILES string of the molecule is CC(=O)N[C@@H](C)CCc1ccc(O)cc1. The van der Waals surface area contributed by atoms with Crippen LogP contribution in [-0.4, -0.2) is 17.1 Å². The topological polar surface area (TPSA) is 49.3 Å². The van der Waals surface area contributed by atoms with Gasteiger partial charge in [-0.3, -0.25) is 4.79 Å². The molecular weight excluding hydrogens is 190 g/mol. The predicted molar refractivity (Wildman–Crippen MR) is 59.7 cm³/mol. The Morgan fingerprint density at radius 2 is 2.00 bits per heavy atom. The summed E-state index contributed by atoms with van der Waals surface area (Å²) in [4.78, 5) is 10.8. The van der Waals surface area contributed by atoms with Crippen LogP contribution in [0.5, 0.6) is 5.75 Å². The molecule has 0 bridgehead atoms. The van der Waals surface area contributed by atoms with E-state index in [0.29, 0.717) is 0 Å². The molecule has 0 radical (unpaired) electrons. The Balaban J connectivity index is 2.36. The van der Waals surface area contributed by atoms with Crippen molar-refractivity contribution in [3.63, 3.8) is 0 Å². The van der Waals surface area contributed by atoms with Crippen LogP contribution >= 0.6 is 0 Å². The van der Waals surface area contributed by atoms with Gasteiger partial charge < -0.3 is 10.4 Å². The van der Waals surface area contributed by atoms with Crippen LogP contribution in [0.1, 0.15) is 25.8 Å². The van der Waals surface area contributed by atoms with Gasteiger partial charge in [-0.15, -0.1) is 0 Å². The van der Waals surface area contributed by atoms with E-state index in [9.17, 15) is 4.79 Å². The van der Waals surface area contributed by atoms with E-state index < -0.39 is 0 Å². The molecule has 0 aliphatic carbocycles. The molecule has 0 unspecified atom stereocenters. The van der Waals surface area contributed by atoms with Crippen LogP contribution in [0.15, 0.2) is 24.3 Å². The van der Waals surface area contributed by atoms with E-state index in [1.165, 1.54) is 12.5 Å². The van der Waals surface area contributed by atoms with Gasteiger partial charge >= 0.3 is 0 Å². The molecule has 1 amide bonds. The first kappa shape index (κ1) is 11.6. The summed E-state index contributed by atoms with van der Waals surface area (Å²) in [6, 6.07) is 7.35. The fourth-order valence-electron chi connectivity index (χ4n) is 1.46. The molecule has 0 saturated heterocycles. The summed E-state index contributed by atoms with van der Waals surface area (Å²) < 4.78 is 0. The lowest BCUT2D eigenvalue weighted by molar-refractivity contribution is -0.119. The quantitative estimate of drug-likeness (QED) is 0.791. The lowest BCUT2D eigenvalue weighted by Crippen LogP contribution is -2.30.